The van der Waals surface area contributed by atoms with Gasteiger partial charge in [-0.1, -0.05) is 24.3 Å². The number of nitrogens with two attached hydrogens (primary N) is 1. The molecule has 0 radical (unpaired) electrons. The number of likely N-dealkylation sites (tertiary alicyclic amines) is 1. The molecular formula is C17H25N3O3. The van der Waals surface area contributed by atoms with Gasteiger partial charge in [-0.15, -0.1) is 0 Å². The van der Waals surface area contributed by atoms with Gasteiger partial charge in [0.05, 0.1) is 31.4 Å². The van der Waals surface area contributed by atoms with E-state index in [0.717, 1.165) is 24.8 Å². The molecule has 23 heavy (non-hydrogen) atoms. The fraction of sp³-hybridized carbons (Fsp3) is 0.588. The molecule has 1 aliphatic carbocycles. The van der Waals surface area contributed by atoms with Gasteiger partial charge in [-0.05, 0) is 30.4 Å². The van der Waals surface area contributed by atoms with E-state index < -0.39 is 0 Å². The number of fused-ring (bicyclic) bond motifs is 1. The van der Waals surface area contributed by atoms with E-state index in [1.165, 1.54) is 5.56 Å². The lowest BCUT2D eigenvalue weighted by molar-refractivity contribution is -0.00184. The Morgan fingerprint density at radius 1 is 1.35 bits per heavy atom. The second-order valence-electron chi connectivity index (χ2n) is 6.27. The maximum atomic E-state index is 12.4. The molecule has 6 nitrogen and oxygen atoms in total. The van der Waals surface area contributed by atoms with Gasteiger partial charge < -0.3 is 25.8 Å². The molecule has 0 aromatic heterocycles. The summed E-state index contributed by atoms with van der Waals surface area (Å²) in [5.74, 6) is 0. The van der Waals surface area contributed by atoms with Crippen molar-refractivity contribution in [2.24, 2.45) is 5.73 Å². The minimum Gasteiger partial charge on any atom is -0.394 e. The first-order valence-electron chi connectivity index (χ1n) is 8.30. The highest BCUT2D eigenvalue weighted by Gasteiger charge is 2.32. The minimum atomic E-state index is -0.138. The number of nitrogens with one attached hydrogen (secondary N) is 1. The molecule has 1 fully saturated rings. The summed E-state index contributed by atoms with van der Waals surface area (Å²) in [5.41, 5.74) is 8.63. The molecule has 1 heterocycles. The lowest BCUT2D eigenvalue weighted by Crippen LogP contribution is -2.50. The van der Waals surface area contributed by atoms with E-state index in [-0.39, 0.29) is 30.8 Å². The van der Waals surface area contributed by atoms with E-state index in [4.69, 9.17) is 15.6 Å². The number of hydrogen-bond donors (Lipinski definition) is 3. The zero-order valence-electron chi connectivity index (χ0n) is 13.3. The highest BCUT2D eigenvalue weighted by Crippen LogP contribution is 2.29. The Bertz CT molecular complexity index is 544. The van der Waals surface area contributed by atoms with Crippen LogP contribution < -0.4 is 11.1 Å². The molecule has 1 aromatic rings. The Morgan fingerprint density at radius 3 is 2.78 bits per heavy atom. The molecule has 0 unspecified atom stereocenters. The van der Waals surface area contributed by atoms with Gasteiger partial charge in [0.1, 0.15) is 0 Å². The number of aliphatic hydroxyl groups is 1. The third-order valence-corrected chi connectivity index (χ3v) is 4.77. The summed E-state index contributed by atoms with van der Waals surface area (Å²) in [6, 6.07) is 7.89. The lowest BCUT2D eigenvalue weighted by atomic mass is 10.1. The second kappa shape index (κ2) is 7.29. The molecule has 1 aliphatic heterocycles. The van der Waals surface area contributed by atoms with Gasteiger partial charge in [-0.3, -0.25) is 0 Å². The van der Waals surface area contributed by atoms with Crippen LogP contribution in [0.2, 0.25) is 0 Å². The summed E-state index contributed by atoms with van der Waals surface area (Å²) in [6.45, 7) is 1.76. The molecule has 3 rings (SSSR count). The predicted molar refractivity (Wildman–Crippen MR) is 87.0 cm³/mol. The quantitative estimate of drug-likeness (QED) is 0.766. The van der Waals surface area contributed by atoms with Crippen molar-refractivity contribution in [3.63, 3.8) is 0 Å². The number of ether oxygens (including phenoxy) is 1. The van der Waals surface area contributed by atoms with Crippen LogP contribution in [0.3, 0.4) is 0 Å². The fourth-order valence-electron chi connectivity index (χ4n) is 3.46. The van der Waals surface area contributed by atoms with Crippen LogP contribution in [-0.4, -0.2) is 54.5 Å². The summed E-state index contributed by atoms with van der Waals surface area (Å²) >= 11 is 0. The molecule has 2 aliphatic rings. The molecule has 6 heteroatoms. The van der Waals surface area contributed by atoms with Crippen LogP contribution in [-0.2, 0) is 11.2 Å². The molecule has 2 amide bonds. The Morgan fingerprint density at radius 2 is 2.09 bits per heavy atom. The Kier molecular flexibility index (Phi) is 5.15. The highest BCUT2D eigenvalue weighted by molar-refractivity contribution is 5.75. The van der Waals surface area contributed by atoms with Crippen LogP contribution in [0.25, 0.3) is 0 Å². The first kappa shape index (κ1) is 16.2. The van der Waals surface area contributed by atoms with Gasteiger partial charge in [0.25, 0.3) is 0 Å². The number of nitrogens with zero attached hydrogens (tertiary/aromatic N) is 1. The summed E-state index contributed by atoms with van der Waals surface area (Å²) in [7, 11) is 0. The number of hydrogen-bond acceptors (Lipinski definition) is 4. The minimum absolute atomic E-state index is 0.0386. The molecule has 0 saturated carbocycles. The van der Waals surface area contributed by atoms with Gasteiger partial charge in [0.15, 0.2) is 0 Å². The first-order valence-corrected chi connectivity index (χ1v) is 8.30. The standard InChI is InChI=1S/C17H25N3O3/c18-16-14-4-2-1-3-12(14)11-15(16)19-17(22)20-7-5-13(6-8-20)23-10-9-21/h1-4,13,15-16,21H,5-11,18H2,(H,19,22)/t15-,16-/m1/s1. The van der Waals surface area contributed by atoms with Crippen molar-refractivity contribution in [2.75, 3.05) is 26.3 Å². The predicted octanol–water partition coefficient (Wildman–Crippen LogP) is 0.794. The van der Waals surface area contributed by atoms with Crippen LogP contribution in [0, 0.1) is 0 Å². The lowest BCUT2D eigenvalue weighted by Gasteiger charge is -2.33. The van der Waals surface area contributed by atoms with Crippen LogP contribution in [0.1, 0.15) is 30.0 Å². The van der Waals surface area contributed by atoms with Gasteiger partial charge in [0, 0.05) is 13.1 Å². The molecular weight excluding hydrogens is 294 g/mol. The van der Waals surface area contributed by atoms with Crippen molar-refractivity contribution in [3.8, 4) is 0 Å². The monoisotopic (exact) mass is 319 g/mol. The van der Waals surface area contributed by atoms with Crippen LogP contribution in [0.4, 0.5) is 4.79 Å². The highest BCUT2D eigenvalue weighted by atomic mass is 16.5. The fourth-order valence-corrected chi connectivity index (χ4v) is 3.46. The summed E-state index contributed by atoms with van der Waals surface area (Å²) in [6.07, 6.45) is 2.55. The Hall–Kier alpha value is -1.63. The van der Waals surface area contributed by atoms with E-state index >= 15 is 0 Å². The van der Waals surface area contributed by atoms with Crippen molar-refractivity contribution >= 4 is 6.03 Å². The Balaban J connectivity index is 1.49. The third kappa shape index (κ3) is 3.65. The molecule has 1 aromatic carbocycles. The second-order valence-corrected chi connectivity index (χ2v) is 6.27. The van der Waals surface area contributed by atoms with Crippen molar-refractivity contribution in [1.29, 1.82) is 0 Å². The number of carbonyl (C=O) groups excluding carboxylic acids is 1. The molecule has 1 saturated heterocycles. The number of piperidine rings is 1. The van der Waals surface area contributed by atoms with Gasteiger partial charge >= 0.3 is 6.03 Å². The van der Waals surface area contributed by atoms with E-state index in [1.54, 1.807) is 0 Å². The van der Waals surface area contributed by atoms with E-state index in [9.17, 15) is 4.79 Å². The number of urea groups is 1. The van der Waals surface area contributed by atoms with Crippen molar-refractivity contribution in [2.45, 2.75) is 37.5 Å². The van der Waals surface area contributed by atoms with Crippen molar-refractivity contribution in [3.05, 3.63) is 35.4 Å². The first-order chi connectivity index (χ1) is 11.2. The van der Waals surface area contributed by atoms with E-state index in [1.807, 2.05) is 23.1 Å². The molecule has 0 spiro atoms. The van der Waals surface area contributed by atoms with Crippen LogP contribution in [0.15, 0.2) is 24.3 Å². The van der Waals surface area contributed by atoms with Gasteiger partial charge in [-0.2, -0.15) is 0 Å². The van der Waals surface area contributed by atoms with E-state index in [0.29, 0.717) is 19.7 Å². The summed E-state index contributed by atoms with van der Waals surface area (Å²) in [4.78, 5) is 14.3. The van der Waals surface area contributed by atoms with Crippen LogP contribution in [0.5, 0.6) is 0 Å². The summed E-state index contributed by atoms with van der Waals surface area (Å²) in [5, 5.41) is 11.9. The molecule has 0 bridgehead atoms. The third-order valence-electron chi connectivity index (χ3n) is 4.77. The smallest absolute Gasteiger partial charge is 0.317 e. The van der Waals surface area contributed by atoms with Crippen molar-refractivity contribution < 1.29 is 14.6 Å². The maximum absolute atomic E-state index is 12.4. The average molecular weight is 319 g/mol. The number of carbonyl (C=O) groups is 1. The van der Waals surface area contributed by atoms with Crippen molar-refractivity contribution in [1.82, 2.24) is 10.2 Å². The zero-order chi connectivity index (χ0) is 16.2. The SMILES string of the molecule is N[C@@H]1c2ccccc2C[C@H]1NC(=O)N1CCC(OCCO)CC1. The maximum Gasteiger partial charge on any atom is 0.317 e. The topological polar surface area (TPSA) is 87.8 Å². The number of aliphatic hydroxyl groups excluding tert-OH is 1. The number of amides is 2. The molecule has 126 valence electrons. The summed E-state index contributed by atoms with van der Waals surface area (Å²) < 4.78 is 5.52. The average Bonchev–Trinajstić information content (AvgIpc) is 2.90. The number of benzene rings is 1. The van der Waals surface area contributed by atoms with Gasteiger partial charge in [-0.25, -0.2) is 4.79 Å². The Labute approximate surface area is 136 Å². The number of rotatable bonds is 4. The zero-order valence-corrected chi connectivity index (χ0v) is 13.3. The largest absolute Gasteiger partial charge is 0.394 e. The molecule has 2 atom stereocenters. The normalized spacial score (nSPS) is 24.5. The van der Waals surface area contributed by atoms with Gasteiger partial charge in [0.2, 0.25) is 0 Å². The molecule has 4 N–H and O–H groups in total. The van der Waals surface area contributed by atoms with E-state index in [2.05, 4.69) is 11.4 Å². The van der Waals surface area contributed by atoms with Crippen LogP contribution >= 0.6 is 0 Å².